The van der Waals surface area contributed by atoms with E-state index >= 15 is 0 Å². The number of rotatable bonds is 6. The Kier molecular flexibility index (Phi) is 6.71. The van der Waals surface area contributed by atoms with Crippen LogP contribution in [0, 0.1) is 10.1 Å². The van der Waals surface area contributed by atoms with Crippen LogP contribution in [0.1, 0.15) is 11.1 Å². The number of alkyl halides is 3. The van der Waals surface area contributed by atoms with Crippen molar-refractivity contribution in [3.05, 3.63) is 94.2 Å². The van der Waals surface area contributed by atoms with Crippen molar-refractivity contribution in [1.82, 2.24) is 4.98 Å². The van der Waals surface area contributed by atoms with Crippen LogP contribution in [0.2, 0.25) is 0 Å². The summed E-state index contributed by atoms with van der Waals surface area (Å²) in [6, 6.07) is 14.4. The number of nitro groups is 1. The number of halogens is 3. The van der Waals surface area contributed by atoms with E-state index < -0.39 is 22.6 Å². The predicted molar refractivity (Wildman–Crippen MR) is 108 cm³/mol. The van der Waals surface area contributed by atoms with Crippen molar-refractivity contribution in [2.75, 3.05) is 0 Å². The number of carbonyl (C=O) groups is 1. The summed E-state index contributed by atoms with van der Waals surface area (Å²) in [7, 11) is 0. The fraction of sp³-hybridized carbons (Fsp3) is 0.0476. The number of pyridine rings is 1. The Morgan fingerprint density at radius 2 is 1.84 bits per heavy atom. The molecule has 0 spiro atoms. The second-order valence-corrected chi connectivity index (χ2v) is 7.09. The molecule has 0 N–H and O–H groups in total. The molecule has 0 bridgehead atoms. The zero-order chi connectivity index (χ0) is 22.4. The van der Waals surface area contributed by atoms with Crippen molar-refractivity contribution in [2.24, 2.45) is 0 Å². The Hall–Kier alpha value is -3.66. The summed E-state index contributed by atoms with van der Waals surface area (Å²) in [6.45, 7) is 0. The number of carbonyl (C=O) groups excluding carboxylic acids is 1. The fourth-order valence-electron chi connectivity index (χ4n) is 2.39. The highest BCUT2D eigenvalue weighted by atomic mass is 32.2. The smallest absolute Gasteiger partial charge is 0.417 e. The second-order valence-electron chi connectivity index (χ2n) is 6.03. The van der Waals surface area contributed by atoms with Gasteiger partial charge in [0, 0.05) is 29.3 Å². The molecule has 6 nitrogen and oxygen atoms in total. The molecule has 0 radical (unpaired) electrons. The van der Waals surface area contributed by atoms with Gasteiger partial charge in [-0.3, -0.25) is 10.1 Å². The fourth-order valence-corrected chi connectivity index (χ4v) is 3.24. The number of para-hydroxylation sites is 1. The molecular formula is C21H13F3N2O4S. The summed E-state index contributed by atoms with van der Waals surface area (Å²) in [6.07, 6.45) is -1.35. The summed E-state index contributed by atoms with van der Waals surface area (Å²) in [4.78, 5) is 26.8. The molecule has 3 rings (SSSR count). The van der Waals surface area contributed by atoms with E-state index in [1.165, 1.54) is 30.3 Å². The number of non-ortho nitro benzene ring substituents is 1. The lowest BCUT2D eigenvalue weighted by atomic mass is 10.2. The average molecular weight is 446 g/mol. The van der Waals surface area contributed by atoms with Gasteiger partial charge in [-0.15, -0.1) is 0 Å². The highest BCUT2D eigenvalue weighted by Gasteiger charge is 2.30. The third-order valence-electron chi connectivity index (χ3n) is 3.84. The predicted octanol–water partition coefficient (Wildman–Crippen LogP) is 5.78. The molecule has 31 heavy (non-hydrogen) atoms. The summed E-state index contributed by atoms with van der Waals surface area (Å²) >= 11 is 1.01. The van der Waals surface area contributed by atoms with Crippen LogP contribution < -0.4 is 4.74 Å². The standard InChI is InChI=1S/C21H13F3N2O4S/c22-21(23,24)15-7-10-19(25-13-15)31-18-9-8-16(26(28)29)12-14(18)6-11-20(27)30-17-4-2-1-3-5-17/h1-13H. The van der Waals surface area contributed by atoms with Crippen molar-refractivity contribution >= 4 is 29.5 Å². The Labute approximate surface area is 178 Å². The summed E-state index contributed by atoms with van der Waals surface area (Å²) in [5.74, 6) is -0.360. The van der Waals surface area contributed by atoms with Crippen LogP contribution in [-0.4, -0.2) is 15.9 Å². The molecule has 1 aromatic heterocycles. The summed E-state index contributed by atoms with van der Waals surface area (Å²) in [5.41, 5.74) is -0.781. The molecule has 158 valence electrons. The monoisotopic (exact) mass is 446 g/mol. The molecule has 0 aliphatic rings. The topological polar surface area (TPSA) is 82.3 Å². The lowest BCUT2D eigenvalue weighted by Crippen LogP contribution is -2.05. The third-order valence-corrected chi connectivity index (χ3v) is 4.89. The van der Waals surface area contributed by atoms with Gasteiger partial charge in [-0.05, 0) is 42.0 Å². The van der Waals surface area contributed by atoms with Crippen LogP contribution in [0.15, 0.2) is 82.9 Å². The maximum absolute atomic E-state index is 12.7. The molecule has 0 aliphatic carbocycles. The Bertz CT molecular complexity index is 1120. The van der Waals surface area contributed by atoms with Gasteiger partial charge < -0.3 is 4.74 Å². The molecule has 0 fully saturated rings. The number of nitrogens with zero attached hydrogens (tertiary/aromatic N) is 2. The summed E-state index contributed by atoms with van der Waals surface area (Å²) < 4.78 is 43.2. The summed E-state index contributed by atoms with van der Waals surface area (Å²) in [5, 5.41) is 11.4. The molecular weight excluding hydrogens is 433 g/mol. The van der Waals surface area contributed by atoms with E-state index in [4.69, 9.17) is 4.74 Å². The van der Waals surface area contributed by atoms with Gasteiger partial charge >= 0.3 is 12.1 Å². The maximum Gasteiger partial charge on any atom is 0.417 e. The number of benzene rings is 2. The van der Waals surface area contributed by atoms with Gasteiger partial charge in [0.05, 0.1) is 10.5 Å². The first kappa shape index (κ1) is 22.0. The quantitative estimate of drug-likeness (QED) is 0.157. The highest BCUT2D eigenvalue weighted by Crippen LogP contribution is 2.34. The van der Waals surface area contributed by atoms with Crippen molar-refractivity contribution in [2.45, 2.75) is 16.1 Å². The Morgan fingerprint density at radius 3 is 2.45 bits per heavy atom. The number of hydrogen-bond acceptors (Lipinski definition) is 6. The Morgan fingerprint density at radius 1 is 1.10 bits per heavy atom. The van der Waals surface area contributed by atoms with Gasteiger partial charge in [0.25, 0.3) is 5.69 Å². The molecule has 0 amide bonds. The van der Waals surface area contributed by atoms with Crippen LogP contribution in [0.25, 0.3) is 6.08 Å². The lowest BCUT2D eigenvalue weighted by molar-refractivity contribution is -0.384. The number of esters is 1. The van der Waals surface area contributed by atoms with E-state index in [9.17, 15) is 28.1 Å². The number of hydrogen-bond donors (Lipinski definition) is 0. The van der Waals surface area contributed by atoms with Gasteiger partial charge in [0.15, 0.2) is 0 Å². The molecule has 0 saturated carbocycles. The number of ether oxygens (including phenoxy) is 1. The van der Waals surface area contributed by atoms with Gasteiger partial charge in [0.2, 0.25) is 0 Å². The zero-order valence-electron chi connectivity index (χ0n) is 15.6. The molecule has 0 unspecified atom stereocenters. The Balaban J connectivity index is 1.83. The second kappa shape index (κ2) is 9.43. The van der Waals surface area contributed by atoms with Crippen molar-refractivity contribution in [3.63, 3.8) is 0 Å². The van der Waals surface area contributed by atoms with Gasteiger partial charge in [0.1, 0.15) is 10.8 Å². The van der Waals surface area contributed by atoms with Crippen LogP contribution >= 0.6 is 11.8 Å². The van der Waals surface area contributed by atoms with Gasteiger partial charge in [-0.1, -0.05) is 30.0 Å². The SMILES string of the molecule is O=C(C=Cc1cc([N+](=O)[O-])ccc1Sc1ccc(C(F)(F)F)cn1)Oc1ccccc1. The molecule has 0 saturated heterocycles. The first-order valence-electron chi connectivity index (χ1n) is 8.67. The molecule has 0 aliphatic heterocycles. The minimum absolute atomic E-state index is 0.208. The first-order valence-corrected chi connectivity index (χ1v) is 9.48. The average Bonchev–Trinajstić information content (AvgIpc) is 2.73. The molecule has 2 aromatic carbocycles. The van der Waals surface area contributed by atoms with E-state index in [0.29, 0.717) is 22.4 Å². The first-order chi connectivity index (χ1) is 14.7. The number of aromatic nitrogens is 1. The van der Waals surface area contributed by atoms with E-state index in [0.717, 1.165) is 23.9 Å². The van der Waals surface area contributed by atoms with E-state index in [-0.39, 0.29) is 10.7 Å². The van der Waals surface area contributed by atoms with Gasteiger partial charge in [-0.2, -0.15) is 13.2 Å². The zero-order valence-corrected chi connectivity index (χ0v) is 16.4. The van der Waals surface area contributed by atoms with Crippen molar-refractivity contribution in [3.8, 4) is 5.75 Å². The highest BCUT2D eigenvalue weighted by molar-refractivity contribution is 7.99. The largest absolute Gasteiger partial charge is 0.423 e. The van der Waals surface area contributed by atoms with E-state index in [1.807, 2.05) is 0 Å². The third kappa shape index (κ3) is 6.16. The van der Waals surface area contributed by atoms with Crippen LogP contribution in [0.3, 0.4) is 0 Å². The van der Waals surface area contributed by atoms with Crippen molar-refractivity contribution in [1.29, 1.82) is 0 Å². The van der Waals surface area contributed by atoms with Crippen LogP contribution in [0.5, 0.6) is 5.75 Å². The van der Waals surface area contributed by atoms with Crippen LogP contribution in [0.4, 0.5) is 18.9 Å². The normalized spacial score (nSPS) is 11.5. The van der Waals surface area contributed by atoms with Crippen LogP contribution in [-0.2, 0) is 11.0 Å². The van der Waals surface area contributed by atoms with E-state index in [1.54, 1.807) is 30.3 Å². The molecule has 0 atom stereocenters. The minimum atomic E-state index is -4.50. The van der Waals surface area contributed by atoms with Crippen molar-refractivity contribution < 1.29 is 27.6 Å². The van der Waals surface area contributed by atoms with Gasteiger partial charge in [-0.25, -0.2) is 9.78 Å². The molecule has 3 aromatic rings. The maximum atomic E-state index is 12.7. The van der Waals surface area contributed by atoms with E-state index in [2.05, 4.69) is 4.98 Å². The molecule has 10 heteroatoms. The number of nitro benzene ring substituents is 1. The lowest BCUT2D eigenvalue weighted by Gasteiger charge is -2.08. The molecule has 1 heterocycles. The minimum Gasteiger partial charge on any atom is -0.423 e.